The van der Waals surface area contributed by atoms with Crippen molar-refractivity contribution in [3.05, 3.63) is 57.8 Å². The van der Waals surface area contributed by atoms with Crippen molar-refractivity contribution < 1.29 is 52.8 Å². The summed E-state index contributed by atoms with van der Waals surface area (Å²) in [6, 6.07) is 0.0886. The van der Waals surface area contributed by atoms with Crippen LogP contribution in [0.3, 0.4) is 0 Å². The van der Waals surface area contributed by atoms with Gasteiger partial charge in [-0.25, -0.2) is 26.3 Å². The fourth-order valence-electron chi connectivity index (χ4n) is 13.7. The first kappa shape index (κ1) is 61.5. The molecule has 21 atom stereocenters. The first-order valence-corrected chi connectivity index (χ1v) is 29.3. The highest BCUT2D eigenvalue weighted by Crippen LogP contribution is 2.49. The molecule has 2 bridgehead atoms. The zero-order valence-corrected chi connectivity index (χ0v) is 47.3. The van der Waals surface area contributed by atoms with E-state index >= 15 is 0 Å². The van der Waals surface area contributed by atoms with Gasteiger partial charge in [0, 0.05) is 79.1 Å². The Bertz CT molecular complexity index is 1900. The quantitative estimate of drug-likeness (QED) is 0.113. The van der Waals surface area contributed by atoms with Crippen molar-refractivity contribution in [2.75, 3.05) is 19.8 Å². The molecular weight excluding hydrogens is 953 g/mol. The Kier molecular flexibility index (Phi) is 23.3. The van der Waals surface area contributed by atoms with Crippen molar-refractivity contribution in [3.63, 3.8) is 0 Å². The van der Waals surface area contributed by atoms with Gasteiger partial charge in [-0.3, -0.25) is 0 Å². The molecular formula is C60H96N4O11. The molecule has 0 aromatic heterocycles. The summed E-state index contributed by atoms with van der Waals surface area (Å²) in [6.45, 7) is 47.4. The minimum atomic E-state index is -0.561. The minimum absolute atomic E-state index is 0.00534. The zero-order chi connectivity index (χ0) is 54.4. The number of aliphatic hydroxyl groups excluding tert-OH is 2. The number of hydrogen-bond donors (Lipinski definition) is 2. The number of aliphatic hydroxyl groups is 2. The fourth-order valence-corrected chi connectivity index (χ4v) is 13.7. The molecule has 75 heavy (non-hydrogen) atoms. The number of hydrogen-bond acceptors (Lipinski definition) is 11. The molecule has 1 spiro atoms. The number of ether oxygens (including phenoxy) is 9. The predicted octanol–water partition coefficient (Wildman–Crippen LogP) is 11.0. The Morgan fingerprint density at radius 3 is 1.37 bits per heavy atom. The largest absolute Gasteiger partial charge is 0.393 e. The molecule has 15 heteroatoms. The Hall–Kier alpha value is -2.74. The van der Waals surface area contributed by atoms with Crippen LogP contribution in [0.5, 0.6) is 0 Å². The molecule has 1 unspecified atom stereocenters. The summed E-state index contributed by atoms with van der Waals surface area (Å²) in [5.41, 5.74) is -1.36. The molecule has 9 aliphatic rings. The third kappa shape index (κ3) is 15.3. The lowest BCUT2D eigenvalue weighted by Gasteiger charge is -2.43. The molecule has 9 saturated heterocycles. The lowest BCUT2D eigenvalue weighted by molar-refractivity contribution is -0.190. The van der Waals surface area contributed by atoms with Crippen LogP contribution < -0.4 is 0 Å². The van der Waals surface area contributed by atoms with Gasteiger partial charge in [-0.1, -0.05) is 45.8 Å². The summed E-state index contributed by atoms with van der Waals surface area (Å²) in [5, 5.41) is 19.5. The van der Waals surface area contributed by atoms with Crippen LogP contribution in [-0.4, -0.2) is 156 Å². The minimum Gasteiger partial charge on any atom is -0.393 e. The zero-order valence-electron chi connectivity index (χ0n) is 47.3. The first-order chi connectivity index (χ1) is 36.0. The smallest absolute Gasteiger partial charge is 0.223 e. The standard InChI is InChI=1S/C16H27NO2.C15H25NO3.C15H23NO3.C14H21NO3/c1-5-7-14-11-16(6-2)15(18-14)9-8-13(19-16)10-12(3)17-4;2*1-4-5-13-9-15(10-17)14(18-13)7-6-12(19-15)8-11(2)16-3;1-9(15-3)6-11-4-5-13-14(18-11)7-12(17-13)10(2)16-8-14/h12-15H,5-11H2,1-3H3;11-14,17H,4-10H2,1-2H3;4-5,11-14,17H,6-10H2,1-2H3;9-13H,4-8H2,1-2H3/b;;5-4+;/t12-,13-,14+,15+,16+;2*11-,12-,13+,14+,15-;9-,10?,11-,12-,13+,14-/m1111/s1. The highest BCUT2D eigenvalue weighted by atomic mass is 16.6. The van der Waals surface area contributed by atoms with Gasteiger partial charge >= 0.3 is 0 Å². The highest BCUT2D eigenvalue weighted by Gasteiger charge is 2.58. The van der Waals surface area contributed by atoms with Crippen LogP contribution in [0.1, 0.15) is 197 Å². The van der Waals surface area contributed by atoms with Crippen LogP contribution in [0.4, 0.5) is 0 Å². The van der Waals surface area contributed by atoms with Gasteiger partial charge in [-0.15, -0.1) is 0 Å². The molecule has 15 nitrogen and oxygen atoms in total. The average Bonchev–Trinajstić information content (AvgIpc) is 4.17. The summed E-state index contributed by atoms with van der Waals surface area (Å²) < 4.78 is 55.1. The average molecular weight is 1050 g/mol. The van der Waals surface area contributed by atoms with E-state index in [1.165, 1.54) is 6.42 Å². The maximum atomic E-state index is 9.78. The van der Waals surface area contributed by atoms with E-state index in [9.17, 15) is 10.2 Å². The van der Waals surface area contributed by atoms with Crippen LogP contribution in [0.15, 0.2) is 12.2 Å². The molecule has 0 aliphatic carbocycles. The van der Waals surface area contributed by atoms with Gasteiger partial charge in [0.2, 0.25) is 24.2 Å². The van der Waals surface area contributed by atoms with Gasteiger partial charge in [0.15, 0.2) is 0 Å². The van der Waals surface area contributed by atoms with E-state index in [0.717, 1.165) is 122 Å². The molecule has 9 fully saturated rings. The van der Waals surface area contributed by atoms with E-state index in [4.69, 9.17) is 68.9 Å². The second kappa shape index (κ2) is 28.4. The normalized spacial score (nSPS) is 41.8. The van der Waals surface area contributed by atoms with E-state index in [0.29, 0.717) is 19.1 Å². The van der Waals surface area contributed by atoms with Crippen LogP contribution in [0.25, 0.3) is 19.4 Å². The molecule has 0 radical (unpaired) electrons. The van der Waals surface area contributed by atoms with Crippen molar-refractivity contribution in [1.29, 1.82) is 0 Å². The summed E-state index contributed by atoms with van der Waals surface area (Å²) in [5.74, 6) is 0. The third-order valence-electron chi connectivity index (χ3n) is 17.8. The van der Waals surface area contributed by atoms with Crippen LogP contribution in [0.2, 0.25) is 0 Å². The molecule has 0 amide bonds. The van der Waals surface area contributed by atoms with Crippen LogP contribution >= 0.6 is 0 Å². The highest BCUT2D eigenvalue weighted by molar-refractivity contribution is 5.08. The van der Waals surface area contributed by atoms with Crippen molar-refractivity contribution in [3.8, 4) is 0 Å². The first-order valence-electron chi connectivity index (χ1n) is 29.3. The third-order valence-corrected chi connectivity index (χ3v) is 17.8. The van der Waals surface area contributed by atoms with Gasteiger partial charge < -0.3 is 72.2 Å². The molecule has 9 aliphatic heterocycles. The number of nitrogens with zero attached hydrogens (tertiary/aromatic N) is 4. The molecule has 9 rings (SSSR count). The Morgan fingerprint density at radius 1 is 0.520 bits per heavy atom. The van der Waals surface area contributed by atoms with E-state index in [1.807, 2.05) is 46.8 Å². The van der Waals surface area contributed by atoms with E-state index < -0.39 is 11.2 Å². The summed E-state index contributed by atoms with van der Waals surface area (Å²) in [7, 11) is 0. The van der Waals surface area contributed by atoms with Gasteiger partial charge in [0.1, 0.15) is 16.8 Å². The van der Waals surface area contributed by atoms with Gasteiger partial charge in [-0.05, 0) is 84.5 Å². The maximum absolute atomic E-state index is 9.78. The molecule has 9 heterocycles. The molecule has 422 valence electrons. The van der Waals surface area contributed by atoms with E-state index in [-0.39, 0.29) is 122 Å². The lowest BCUT2D eigenvalue weighted by atomic mass is 9.83. The molecule has 0 saturated carbocycles. The molecule has 2 N–H and O–H groups in total. The Balaban J connectivity index is 0.000000163. The maximum Gasteiger partial charge on any atom is 0.223 e. The lowest BCUT2D eigenvalue weighted by Crippen LogP contribution is -2.53. The van der Waals surface area contributed by atoms with Crippen molar-refractivity contribution >= 4 is 0 Å². The SMILES string of the molecule is [C-]#[N+][C@H](C)C[C@H]1CC[C@@H]2O[C@@H](/C=C/C)C[C@]2(CO)O1.[C-]#[N+][C@H](C)C[C@H]1CC[C@@H]2O[C@@H](CCC)C[C@]2(CC)O1.[C-]#[N+][C@H](C)C[C@H]1CC[C@@H]2O[C@@H](CCC)C[C@]2(CO)O1.[C-]#[N+][C@H](C)C[C@H]1CC[C@@H]2O[C@@H]3C[C@]2(COC3C)O1. The van der Waals surface area contributed by atoms with E-state index in [1.54, 1.807) is 0 Å². The monoisotopic (exact) mass is 1050 g/mol. The van der Waals surface area contributed by atoms with Crippen molar-refractivity contribution in [1.82, 2.24) is 0 Å². The summed E-state index contributed by atoms with van der Waals surface area (Å²) in [6.07, 6.45) is 26.2. The fraction of sp³-hybridized carbons (Fsp3) is 0.900. The number of rotatable bonds is 16. The summed E-state index contributed by atoms with van der Waals surface area (Å²) >= 11 is 0. The Labute approximate surface area is 452 Å². The predicted molar refractivity (Wildman–Crippen MR) is 288 cm³/mol. The molecule has 0 aromatic carbocycles. The van der Waals surface area contributed by atoms with Gasteiger partial charge in [0.25, 0.3) is 0 Å². The van der Waals surface area contributed by atoms with E-state index in [2.05, 4.69) is 47.1 Å². The topological polar surface area (TPSA) is 141 Å². The summed E-state index contributed by atoms with van der Waals surface area (Å²) in [4.78, 5) is 14.2. The van der Waals surface area contributed by atoms with Crippen molar-refractivity contribution in [2.24, 2.45) is 0 Å². The second-order valence-corrected chi connectivity index (χ2v) is 23.8. The van der Waals surface area contributed by atoms with Gasteiger partial charge in [-0.2, -0.15) is 0 Å². The van der Waals surface area contributed by atoms with Crippen molar-refractivity contribution in [2.45, 2.75) is 323 Å². The molecule has 0 aromatic rings. The van der Waals surface area contributed by atoms with Crippen LogP contribution in [0, 0.1) is 26.3 Å². The number of allylic oxidation sites excluding steroid dienone is 1. The number of fused-ring (bicyclic) bond motifs is 4. The van der Waals surface area contributed by atoms with Crippen LogP contribution in [-0.2, 0) is 42.6 Å². The second-order valence-electron chi connectivity index (χ2n) is 23.8. The Morgan fingerprint density at radius 2 is 0.933 bits per heavy atom. The van der Waals surface area contributed by atoms with Gasteiger partial charge in [0.05, 0.1) is 105 Å².